The van der Waals surface area contributed by atoms with Crippen molar-refractivity contribution in [3.05, 3.63) is 69.9 Å². The lowest BCUT2D eigenvalue weighted by Gasteiger charge is -2.16. The van der Waals surface area contributed by atoms with E-state index in [4.69, 9.17) is 11.6 Å². The Balaban J connectivity index is 1.87. The second-order valence-electron chi connectivity index (χ2n) is 6.17. The van der Waals surface area contributed by atoms with Crippen molar-refractivity contribution in [2.75, 3.05) is 17.3 Å². The predicted octanol–water partition coefficient (Wildman–Crippen LogP) is 3.53. The summed E-state index contributed by atoms with van der Waals surface area (Å²) >= 11 is 6.13. The maximum Gasteiger partial charge on any atom is 0.337 e. The molecule has 0 radical (unpaired) electrons. The van der Waals surface area contributed by atoms with Crippen LogP contribution in [-0.2, 0) is 14.3 Å². The highest BCUT2D eigenvalue weighted by Gasteiger charge is 2.39. The highest BCUT2D eigenvalue weighted by atomic mass is 35.5. The van der Waals surface area contributed by atoms with Gasteiger partial charge in [-0.05, 0) is 61.4 Å². The van der Waals surface area contributed by atoms with E-state index in [1.165, 1.54) is 7.11 Å². The van der Waals surface area contributed by atoms with Crippen LogP contribution in [-0.4, -0.2) is 24.9 Å². The third-order valence-electron chi connectivity index (χ3n) is 4.07. The van der Waals surface area contributed by atoms with E-state index < -0.39 is 17.8 Å². The molecular formula is C20H17ClN2O4. The molecule has 0 bridgehead atoms. The summed E-state index contributed by atoms with van der Waals surface area (Å²) in [6.45, 7) is 3.77. The van der Waals surface area contributed by atoms with Crippen molar-refractivity contribution in [2.45, 2.75) is 13.8 Å². The molecule has 0 aliphatic carbocycles. The summed E-state index contributed by atoms with van der Waals surface area (Å²) in [6, 6.07) is 11.7. The molecule has 0 atom stereocenters. The van der Waals surface area contributed by atoms with Crippen LogP contribution in [0.5, 0.6) is 0 Å². The molecule has 6 nitrogen and oxygen atoms in total. The number of rotatable bonds is 4. The van der Waals surface area contributed by atoms with Gasteiger partial charge >= 0.3 is 5.97 Å². The predicted molar refractivity (Wildman–Crippen MR) is 103 cm³/mol. The Bertz CT molecular complexity index is 960. The highest BCUT2D eigenvalue weighted by molar-refractivity contribution is 6.53. The molecule has 7 heteroatoms. The van der Waals surface area contributed by atoms with Crippen LogP contribution in [0.1, 0.15) is 21.5 Å². The second kappa shape index (κ2) is 7.25. The van der Waals surface area contributed by atoms with Crippen LogP contribution in [0, 0.1) is 13.8 Å². The smallest absolute Gasteiger partial charge is 0.337 e. The number of hydrogen-bond donors (Lipinski definition) is 1. The first-order valence-electron chi connectivity index (χ1n) is 8.14. The zero-order valence-electron chi connectivity index (χ0n) is 15.0. The Hall–Kier alpha value is -3.12. The van der Waals surface area contributed by atoms with Gasteiger partial charge in [-0.1, -0.05) is 17.7 Å². The topological polar surface area (TPSA) is 75.7 Å². The summed E-state index contributed by atoms with van der Waals surface area (Å²) in [4.78, 5) is 37.9. The zero-order valence-corrected chi connectivity index (χ0v) is 15.8. The first-order chi connectivity index (χ1) is 12.8. The molecule has 0 spiro atoms. The third kappa shape index (κ3) is 3.57. The van der Waals surface area contributed by atoms with Gasteiger partial charge in [0, 0.05) is 5.69 Å². The number of esters is 1. The quantitative estimate of drug-likeness (QED) is 0.644. The molecule has 1 aliphatic heterocycles. The van der Waals surface area contributed by atoms with Crippen molar-refractivity contribution >= 4 is 40.8 Å². The van der Waals surface area contributed by atoms with E-state index in [1.54, 1.807) is 36.4 Å². The molecule has 0 unspecified atom stereocenters. The number of ether oxygens (including phenoxy) is 1. The van der Waals surface area contributed by atoms with Crippen molar-refractivity contribution in [3.63, 3.8) is 0 Å². The van der Waals surface area contributed by atoms with Gasteiger partial charge < -0.3 is 10.1 Å². The van der Waals surface area contributed by atoms with E-state index in [1.807, 2.05) is 19.9 Å². The average Bonchev–Trinajstić information content (AvgIpc) is 2.84. The summed E-state index contributed by atoms with van der Waals surface area (Å²) in [5.41, 5.74) is 3.21. The summed E-state index contributed by atoms with van der Waals surface area (Å²) in [6.07, 6.45) is 0. The molecule has 0 saturated carbocycles. The lowest BCUT2D eigenvalue weighted by atomic mass is 10.1. The molecule has 0 fully saturated rings. The number of benzene rings is 2. The fourth-order valence-electron chi connectivity index (χ4n) is 2.88. The Morgan fingerprint density at radius 2 is 1.59 bits per heavy atom. The molecule has 1 aliphatic rings. The van der Waals surface area contributed by atoms with Crippen LogP contribution in [0.2, 0.25) is 0 Å². The highest BCUT2D eigenvalue weighted by Crippen LogP contribution is 2.31. The van der Waals surface area contributed by atoms with Crippen LogP contribution < -0.4 is 10.2 Å². The van der Waals surface area contributed by atoms with Crippen molar-refractivity contribution in [1.82, 2.24) is 0 Å². The normalized spacial score (nSPS) is 14.0. The van der Waals surface area contributed by atoms with Crippen LogP contribution in [0.3, 0.4) is 0 Å². The van der Waals surface area contributed by atoms with E-state index in [9.17, 15) is 14.4 Å². The van der Waals surface area contributed by atoms with Crippen molar-refractivity contribution in [2.24, 2.45) is 0 Å². The van der Waals surface area contributed by atoms with Gasteiger partial charge in [-0.15, -0.1) is 0 Å². The first kappa shape index (κ1) is 18.7. The standard InChI is InChI=1S/C20H17ClN2O4/c1-11-8-12(2)10-15(9-11)23-18(24)16(21)17(19(23)25)22-14-6-4-13(5-7-14)20(26)27-3/h4-10,22H,1-3H3. The van der Waals surface area contributed by atoms with Crippen molar-refractivity contribution in [1.29, 1.82) is 0 Å². The fraction of sp³-hybridized carbons (Fsp3) is 0.150. The van der Waals surface area contributed by atoms with E-state index >= 15 is 0 Å². The Kier molecular flexibility index (Phi) is 5.01. The molecule has 1 N–H and O–H groups in total. The SMILES string of the molecule is COC(=O)c1ccc(NC2=C(Cl)C(=O)N(c3cc(C)cc(C)c3)C2=O)cc1. The maximum atomic E-state index is 12.8. The molecular weight excluding hydrogens is 368 g/mol. The third-order valence-corrected chi connectivity index (χ3v) is 4.42. The summed E-state index contributed by atoms with van der Waals surface area (Å²) in [7, 11) is 1.30. The number of nitrogens with one attached hydrogen (secondary N) is 1. The minimum absolute atomic E-state index is 0.00774. The van der Waals surface area contributed by atoms with Crippen LogP contribution in [0.25, 0.3) is 0 Å². The number of aryl methyl sites for hydroxylation is 2. The second-order valence-corrected chi connectivity index (χ2v) is 6.55. The van der Waals surface area contributed by atoms with Crippen LogP contribution in [0.15, 0.2) is 53.2 Å². The summed E-state index contributed by atoms with van der Waals surface area (Å²) in [5.74, 6) is -1.58. The number of hydrogen-bond acceptors (Lipinski definition) is 5. The fourth-order valence-corrected chi connectivity index (χ4v) is 3.09. The van der Waals surface area contributed by atoms with Gasteiger partial charge in [0.25, 0.3) is 11.8 Å². The summed E-state index contributed by atoms with van der Waals surface area (Å²) in [5, 5.41) is 2.68. The molecule has 3 rings (SSSR count). The zero-order chi connectivity index (χ0) is 19.7. The average molecular weight is 385 g/mol. The van der Waals surface area contributed by atoms with Gasteiger partial charge in [-0.25, -0.2) is 9.69 Å². The van der Waals surface area contributed by atoms with E-state index in [2.05, 4.69) is 10.1 Å². The molecule has 2 aromatic rings. The van der Waals surface area contributed by atoms with Gasteiger partial charge in [0.15, 0.2) is 0 Å². The number of amides is 2. The number of methoxy groups -OCH3 is 1. The lowest BCUT2D eigenvalue weighted by Crippen LogP contribution is -2.32. The summed E-state index contributed by atoms with van der Waals surface area (Å²) < 4.78 is 4.64. The van der Waals surface area contributed by atoms with Gasteiger partial charge in [0.2, 0.25) is 0 Å². The van der Waals surface area contributed by atoms with Crippen molar-refractivity contribution < 1.29 is 19.1 Å². The number of anilines is 2. The van der Waals surface area contributed by atoms with Gasteiger partial charge in [0.1, 0.15) is 10.7 Å². The molecule has 27 heavy (non-hydrogen) atoms. The Morgan fingerprint density at radius 1 is 1.00 bits per heavy atom. The van der Waals surface area contributed by atoms with E-state index in [0.29, 0.717) is 16.9 Å². The van der Waals surface area contributed by atoms with Crippen LogP contribution in [0.4, 0.5) is 11.4 Å². The lowest BCUT2D eigenvalue weighted by molar-refractivity contribution is -0.120. The van der Waals surface area contributed by atoms with Gasteiger partial charge in [0.05, 0.1) is 18.4 Å². The Morgan fingerprint density at radius 3 is 2.15 bits per heavy atom. The van der Waals surface area contributed by atoms with E-state index in [-0.39, 0.29) is 10.7 Å². The monoisotopic (exact) mass is 384 g/mol. The molecule has 2 amide bonds. The van der Waals surface area contributed by atoms with Gasteiger partial charge in [-0.2, -0.15) is 0 Å². The van der Waals surface area contributed by atoms with Crippen LogP contribution >= 0.6 is 11.6 Å². The largest absolute Gasteiger partial charge is 0.465 e. The first-order valence-corrected chi connectivity index (χ1v) is 8.52. The number of carbonyl (C=O) groups excluding carboxylic acids is 3. The molecule has 0 saturated heterocycles. The van der Waals surface area contributed by atoms with Gasteiger partial charge in [-0.3, -0.25) is 9.59 Å². The maximum absolute atomic E-state index is 12.8. The molecule has 2 aromatic carbocycles. The minimum Gasteiger partial charge on any atom is -0.465 e. The number of halogens is 1. The van der Waals surface area contributed by atoms with Crippen molar-refractivity contribution in [3.8, 4) is 0 Å². The number of nitrogens with zero attached hydrogens (tertiary/aromatic N) is 1. The molecule has 0 aromatic heterocycles. The van der Waals surface area contributed by atoms with E-state index in [0.717, 1.165) is 16.0 Å². The molecule has 138 valence electrons. The minimum atomic E-state index is -0.583. The Labute approximate surface area is 161 Å². The number of imide groups is 1. The number of carbonyl (C=O) groups is 3. The molecule has 1 heterocycles.